The monoisotopic (exact) mass is 548 g/mol. The van der Waals surface area contributed by atoms with Gasteiger partial charge in [-0.1, -0.05) is 29.3 Å². The van der Waals surface area contributed by atoms with Gasteiger partial charge in [0.05, 0.1) is 28.5 Å². The first-order valence-corrected chi connectivity index (χ1v) is 13.9. The molecular formula is C28H22ClFN4O3S. The fourth-order valence-corrected chi connectivity index (χ4v) is 7.22. The number of pyridine rings is 1. The Morgan fingerprint density at radius 3 is 2.61 bits per heavy atom. The highest BCUT2D eigenvalue weighted by Crippen LogP contribution is 2.41. The van der Waals surface area contributed by atoms with Crippen LogP contribution in [0.4, 0.5) is 4.39 Å². The summed E-state index contributed by atoms with van der Waals surface area (Å²) in [6.07, 6.45) is 6.10. The van der Waals surface area contributed by atoms with E-state index in [0.717, 1.165) is 16.8 Å². The van der Waals surface area contributed by atoms with E-state index in [1.165, 1.54) is 34.8 Å². The Balaban J connectivity index is 1.43. The molecule has 38 heavy (non-hydrogen) atoms. The molecule has 0 radical (unpaired) electrons. The molecule has 2 aromatic heterocycles. The van der Waals surface area contributed by atoms with E-state index in [1.54, 1.807) is 53.3 Å². The quantitative estimate of drug-likeness (QED) is 0.329. The van der Waals surface area contributed by atoms with Crippen LogP contribution in [0.3, 0.4) is 0 Å². The van der Waals surface area contributed by atoms with Gasteiger partial charge in [-0.15, -0.1) is 0 Å². The number of sulfonamides is 1. The van der Waals surface area contributed by atoms with Crippen LogP contribution in [0.15, 0.2) is 89.6 Å². The van der Waals surface area contributed by atoms with Crippen LogP contribution in [-0.4, -0.2) is 45.9 Å². The van der Waals surface area contributed by atoms with Crippen molar-refractivity contribution < 1.29 is 17.6 Å². The third-order valence-electron chi connectivity index (χ3n) is 7.10. The van der Waals surface area contributed by atoms with Crippen molar-refractivity contribution in [2.75, 3.05) is 6.54 Å². The maximum absolute atomic E-state index is 13.9. The molecule has 192 valence electrons. The van der Waals surface area contributed by atoms with E-state index in [-0.39, 0.29) is 28.7 Å². The van der Waals surface area contributed by atoms with Crippen molar-refractivity contribution in [3.8, 4) is 5.69 Å². The zero-order valence-electron chi connectivity index (χ0n) is 20.0. The van der Waals surface area contributed by atoms with Crippen molar-refractivity contribution >= 4 is 33.5 Å². The summed E-state index contributed by atoms with van der Waals surface area (Å²) in [7, 11) is -4.04. The number of halogens is 2. The van der Waals surface area contributed by atoms with Crippen LogP contribution < -0.4 is 0 Å². The summed E-state index contributed by atoms with van der Waals surface area (Å²) in [6.45, 7) is 0.125. The molecule has 4 aromatic rings. The zero-order chi connectivity index (χ0) is 26.4. The zero-order valence-corrected chi connectivity index (χ0v) is 21.6. The van der Waals surface area contributed by atoms with Crippen molar-refractivity contribution in [1.82, 2.24) is 19.1 Å². The minimum absolute atomic E-state index is 0.0388. The second-order valence-corrected chi connectivity index (χ2v) is 11.6. The standard InChI is InChI=1S/C28H22ClFN4O3S/c29-20-4-3-5-23(16-20)38(36,37)33-13-11-18-15-26-19(17-32-34(26)22-9-7-21(30)8-10-22)14-24(18)27(33)28(35)25-6-1-2-12-31-25/h1-10,12,15-17,24,27H,11,13-14H2/t24?,27-/m0/s1. The highest BCUT2D eigenvalue weighted by molar-refractivity contribution is 7.89. The van der Waals surface area contributed by atoms with E-state index >= 15 is 0 Å². The van der Waals surface area contributed by atoms with E-state index in [4.69, 9.17) is 11.6 Å². The van der Waals surface area contributed by atoms with E-state index < -0.39 is 22.0 Å². The van der Waals surface area contributed by atoms with Crippen LogP contribution in [-0.2, 0) is 16.4 Å². The number of benzene rings is 2. The maximum atomic E-state index is 13.9. The van der Waals surface area contributed by atoms with Crippen molar-refractivity contribution in [2.45, 2.75) is 23.8 Å². The van der Waals surface area contributed by atoms with Crippen LogP contribution in [0.1, 0.15) is 28.2 Å². The SMILES string of the molecule is O=C(c1ccccn1)[C@@H]1C2Cc3cnn(-c4ccc(F)cc4)c3C=C2CCN1S(=O)(=O)c1cccc(Cl)c1. The first-order valence-electron chi connectivity index (χ1n) is 12.1. The summed E-state index contributed by atoms with van der Waals surface area (Å²) < 4.78 is 44.2. The molecule has 3 heterocycles. The van der Waals surface area contributed by atoms with Gasteiger partial charge in [-0.3, -0.25) is 9.78 Å². The molecule has 0 spiro atoms. The molecule has 2 aromatic carbocycles. The maximum Gasteiger partial charge on any atom is 0.243 e. The van der Waals surface area contributed by atoms with Gasteiger partial charge in [0.2, 0.25) is 10.0 Å². The average molecular weight is 549 g/mol. The summed E-state index contributed by atoms with van der Waals surface area (Å²) in [4.78, 5) is 18.2. The molecular weight excluding hydrogens is 527 g/mol. The molecule has 1 fully saturated rings. The number of ketones is 1. The minimum Gasteiger partial charge on any atom is -0.291 e. The lowest BCUT2D eigenvalue weighted by Crippen LogP contribution is -2.54. The Morgan fingerprint density at radius 2 is 1.87 bits per heavy atom. The molecule has 7 nitrogen and oxygen atoms in total. The van der Waals surface area contributed by atoms with Gasteiger partial charge in [0.25, 0.3) is 0 Å². The lowest BCUT2D eigenvalue weighted by molar-refractivity contribution is 0.0821. The number of nitrogens with zero attached hydrogens (tertiary/aromatic N) is 4. The number of rotatable bonds is 5. The second-order valence-electron chi connectivity index (χ2n) is 9.32. The normalized spacial score (nSPS) is 19.4. The Kier molecular flexibility index (Phi) is 6.22. The summed E-state index contributed by atoms with van der Waals surface area (Å²) in [6, 6.07) is 16.2. The van der Waals surface area contributed by atoms with Gasteiger partial charge in [0.1, 0.15) is 11.5 Å². The molecule has 0 saturated carbocycles. The minimum atomic E-state index is -4.04. The third kappa shape index (κ3) is 4.26. The van der Waals surface area contributed by atoms with E-state index in [2.05, 4.69) is 10.1 Å². The topological polar surface area (TPSA) is 85.2 Å². The van der Waals surface area contributed by atoms with Gasteiger partial charge in [-0.2, -0.15) is 9.40 Å². The smallest absolute Gasteiger partial charge is 0.243 e. The molecule has 2 atom stereocenters. The van der Waals surface area contributed by atoms with Gasteiger partial charge < -0.3 is 0 Å². The number of Topliss-reactive ketones (excluding diaryl/α,β-unsaturated/α-hetero) is 1. The molecule has 1 unspecified atom stereocenters. The second kappa shape index (κ2) is 9.58. The summed E-state index contributed by atoms with van der Waals surface area (Å²) in [5.74, 6) is -1.09. The number of carbonyl (C=O) groups excluding carboxylic acids is 1. The van der Waals surface area contributed by atoms with Crippen LogP contribution in [0.2, 0.25) is 5.02 Å². The Hall–Kier alpha value is -3.66. The van der Waals surface area contributed by atoms with Gasteiger partial charge in [0, 0.05) is 23.7 Å². The molecule has 1 saturated heterocycles. The summed E-state index contributed by atoms with van der Waals surface area (Å²) in [5, 5.41) is 4.81. The van der Waals surface area contributed by atoms with Crippen LogP contribution in [0.25, 0.3) is 11.8 Å². The van der Waals surface area contributed by atoms with Crippen LogP contribution in [0, 0.1) is 11.7 Å². The van der Waals surface area contributed by atoms with E-state index in [0.29, 0.717) is 23.6 Å². The summed E-state index contributed by atoms with van der Waals surface area (Å²) in [5.41, 5.74) is 3.61. The van der Waals surface area contributed by atoms with Crippen molar-refractivity contribution in [2.24, 2.45) is 5.92 Å². The Morgan fingerprint density at radius 1 is 1.05 bits per heavy atom. The Bertz CT molecular complexity index is 1670. The van der Waals surface area contributed by atoms with Crippen molar-refractivity contribution in [1.29, 1.82) is 0 Å². The number of fused-ring (bicyclic) bond motifs is 2. The number of aromatic nitrogens is 3. The van der Waals surface area contributed by atoms with E-state index in [9.17, 15) is 17.6 Å². The largest absolute Gasteiger partial charge is 0.291 e. The lowest BCUT2D eigenvalue weighted by atomic mass is 9.76. The van der Waals surface area contributed by atoms with E-state index in [1.807, 2.05) is 6.08 Å². The highest BCUT2D eigenvalue weighted by atomic mass is 35.5. The number of hydrogen-bond acceptors (Lipinski definition) is 5. The number of hydrogen-bond donors (Lipinski definition) is 0. The molecule has 0 N–H and O–H groups in total. The lowest BCUT2D eigenvalue weighted by Gasteiger charge is -2.42. The predicted octanol–water partition coefficient (Wildman–Crippen LogP) is 4.96. The molecule has 0 amide bonds. The molecule has 2 aliphatic rings. The molecule has 6 rings (SSSR count). The van der Waals surface area contributed by atoms with Gasteiger partial charge in [0.15, 0.2) is 5.78 Å². The van der Waals surface area contributed by atoms with Crippen LogP contribution >= 0.6 is 11.6 Å². The van der Waals surface area contributed by atoms with Crippen molar-refractivity contribution in [3.63, 3.8) is 0 Å². The first-order chi connectivity index (χ1) is 18.3. The van der Waals surface area contributed by atoms with Crippen LogP contribution in [0.5, 0.6) is 0 Å². The third-order valence-corrected chi connectivity index (χ3v) is 9.21. The molecule has 1 aliphatic heterocycles. The predicted molar refractivity (Wildman–Crippen MR) is 141 cm³/mol. The van der Waals surface area contributed by atoms with Gasteiger partial charge in [-0.25, -0.2) is 17.5 Å². The molecule has 10 heteroatoms. The Labute approximate surface area is 224 Å². The summed E-state index contributed by atoms with van der Waals surface area (Å²) >= 11 is 6.11. The van der Waals surface area contributed by atoms with Gasteiger partial charge in [-0.05, 0) is 79.1 Å². The molecule has 0 bridgehead atoms. The first kappa shape index (κ1) is 24.7. The van der Waals surface area contributed by atoms with Gasteiger partial charge >= 0.3 is 0 Å². The molecule has 1 aliphatic carbocycles. The fraction of sp³-hybridized carbons (Fsp3) is 0.179. The average Bonchev–Trinajstić information content (AvgIpc) is 3.34. The number of carbonyl (C=O) groups is 1. The number of piperidine rings is 1. The fourth-order valence-electron chi connectivity index (χ4n) is 5.30. The van der Waals surface area contributed by atoms with Crippen molar-refractivity contribution in [3.05, 3.63) is 112 Å². The highest BCUT2D eigenvalue weighted by Gasteiger charge is 2.47.